The molecule has 0 bridgehead atoms. The number of carbonyl (C=O) groups excluding carboxylic acids is 1. The lowest BCUT2D eigenvalue weighted by molar-refractivity contribution is -0.133. The average Bonchev–Trinajstić information content (AvgIpc) is 2.28. The zero-order chi connectivity index (χ0) is 12.1. The van der Waals surface area contributed by atoms with Crippen molar-refractivity contribution in [3.8, 4) is 0 Å². The molecule has 94 valence electrons. The third-order valence-electron chi connectivity index (χ3n) is 3.05. The van der Waals surface area contributed by atoms with E-state index >= 15 is 0 Å². The number of halogens is 1. The molecular formula is C12H22BrNO2. The van der Waals surface area contributed by atoms with Gasteiger partial charge >= 0.3 is 0 Å². The van der Waals surface area contributed by atoms with E-state index < -0.39 is 0 Å². The number of ether oxygens (including phenoxy) is 1. The van der Waals surface area contributed by atoms with Crippen molar-refractivity contribution >= 4 is 21.8 Å². The number of alkyl halides is 1. The van der Waals surface area contributed by atoms with Crippen LogP contribution in [-0.2, 0) is 9.53 Å². The average molecular weight is 292 g/mol. The van der Waals surface area contributed by atoms with Crippen molar-refractivity contribution in [3.05, 3.63) is 0 Å². The van der Waals surface area contributed by atoms with E-state index in [0.29, 0.717) is 11.8 Å². The number of rotatable bonds is 4. The van der Waals surface area contributed by atoms with Gasteiger partial charge in [0.05, 0.1) is 11.4 Å². The topological polar surface area (TPSA) is 29.5 Å². The van der Waals surface area contributed by atoms with Gasteiger partial charge in [-0.15, -0.1) is 0 Å². The van der Waals surface area contributed by atoms with Crippen LogP contribution in [0.2, 0.25) is 0 Å². The van der Waals surface area contributed by atoms with Gasteiger partial charge in [-0.2, -0.15) is 0 Å². The highest BCUT2D eigenvalue weighted by molar-refractivity contribution is 9.10. The maximum absolute atomic E-state index is 12.1. The summed E-state index contributed by atoms with van der Waals surface area (Å²) < 4.78 is 5.17. The fraction of sp³-hybridized carbons (Fsp3) is 0.917. The Hall–Kier alpha value is -0.0900. The van der Waals surface area contributed by atoms with E-state index in [1.807, 2.05) is 4.90 Å². The quantitative estimate of drug-likeness (QED) is 0.744. The third kappa shape index (κ3) is 3.74. The van der Waals surface area contributed by atoms with Crippen LogP contribution in [0.15, 0.2) is 0 Å². The predicted molar refractivity (Wildman–Crippen MR) is 68.7 cm³/mol. The van der Waals surface area contributed by atoms with Crippen molar-refractivity contribution in [1.29, 1.82) is 0 Å². The highest BCUT2D eigenvalue weighted by atomic mass is 79.9. The van der Waals surface area contributed by atoms with Gasteiger partial charge in [-0.1, -0.05) is 29.8 Å². The molecular weight excluding hydrogens is 270 g/mol. The number of piperidine rings is 1. The molecule has 1 saturated heterocycles. The molecule has 1 rings (SSSR count). The highest BCUT2D eigenvalue weighted by Gasteiger charge is 2.28. The lowest BCUT2D eigenvalue weighted by Crippen LogP contribution is -2.45. The first-order valence-electron chi connectivity index (χ1n) is 5.98. The van der Waals surface area contributed by atoms with E-state index in [1.165, 1.54) is 6.42 Å². The van der Waals surface area contributed by atoms with Gasteiger partial charge in [-0.3, -0.25) is 4.79 Å². The van der Waals surface area contributed by atoms with E-state index in [0.717, 1.165) is 26.1 Å². The molecule has 16 heavy (non-hydrogen) atoms. The van der Waals surface area contributed by atoms with Crippen molar-refractivity contribution < 1.29 is 9.53 Å². The van der Waals surface area contributed by atoms with Crippen molar-refractivity contribution in [1.82, 2.24) is 4.90 Å². The molecule has 0 aromatic heterocycles. The highest BCUT2D eigenvalue weighted by Crippen LogP contribution is 2.21. The number of nitrogens with zero attached hydrogens (tertiary/aromatic N) is 1. The Balaban J connectivity index is 2.49. The summed E-state index contributed by atoms with van der Waals surface area (Å²) in [4.78, 5) is 14.1. The molecule has 2 atom stereocenters. The van der Waals surface area contributed by atoms with E-state index in [9.17, 15) is 4.79 Å². The molecule has 0 spiro atoms. The molecule has 1 aliphatic heterocycles. The Morgan fingerprint density at radius 2 is 2.25 bits per heavy atom. The van der Waals surface area contributed by atoms with Crippen LogP contribution in [0.4, 0.5) is 0 Å². The number of amides is 1. The Bertz CT molecular complexity index is 231. The van der Waals surface area contributed by atoms with Crippen molar-refractivity contribution in [2.45, 2.75) is 31.5 Å². The van der Waals surface area contributed by atoms with Crippen molar-refractivity contribution in [2.75, 3.05) is 26.8 Å². The molecule has 0 radical (unpaired) electrons. The van der Waals surface area contributed by atoms with Crippen LogP contribution in [0.5, 0.6) is 0 Å². The second-order valence-corrected chi connectivity index (χ2v) is 5.88. The monoisotopic (exact) mass is 291 g/mol. The molecule has 1 fully saturated rings. The molecule has 0 aliphatic carbocycles. The van der Waals surface area contributed by atoms with E-state index in [-0.39, 0.29) is 10.7 Å². The van der Waals surface area contributed by atoms with Gasteiger partial charge in [0.2, 0.25) is 5.91 Å². The van der Waals surface area contributed by atoms with Gasteiger partial charge in [-0.05, 0) is 24.7 Å². The maximum atomic E-state index is 12.1. The fourth-order valence-electron chi connectivity index (χ4n) is 2.10. The number of hydrogen-bond donors (Lipinski definition) is 0. The minimum atomic E-state index is -0.0474. The van der Waals surface area contributed by atoms with Gasteiger partial charge in [0.25, 0.3) is 0 Å². The molecule has 1 amide bonds. The number of hydrogen-bond acceptors (Lipinski definition) is 2. The molecule has 0 N–H and O–H groups in total. The van der Waals surface area contributed by atoms with Crippen molar-refractivity contribution in [3.63, 3.8) is 0 Å². The minimum absolute atomic E-state index is 0.0474. The molecule has 0 saturated carbocycles. The maximum Gasteiger partial charge on any atom is 0.236 e. The first-order chi connectivity index (χ1) is 7.56. The van der Waals surface area contributed by atoms with Crippen molar-refractivity contribution in [2.24, 2.45) is 11.8 Å². The summed E-state index contributed by atoms with van der Waals surface area (Å²) >= 11 is 3.48. The minimum Gasteiger partial charge on any atom is -0.384 e. The fourth-order valence-corrected chi connectivity index (χ4v) is 2.39. The van der Waals surface area contributed by atoms with Crippen LogP contribution in [0.1, 0.15) is 26.7 Å². The van der Waals surface area contributed by atoms with Crippen LogP contribution in [0.3, 0.4) is 0 Å². The van der Waals surface area contributed by atoms with Crippen LogP contribution >= 0.6 is 15.9 Å². The summed E-state index contributed by atoms with van der Waals surface area (Å²) in [6.07, 6.45) is 2.27. The van der Waals surface area contributed by atoms with Gasteiger partial charge in [0.1, 0.15) is 0 Å². The normalized spacial score (nSPS) is 23.6. The van der Waals surface area contributed by atoms with Crippen LogP contribution in [0.25, 0.3) is 0 Å². The SMILES string of the molecule is COCC1CCCN(C(=O)C(Br)C(C)C)C1. The second kappa shape index (κ2) is 6.60. The second-order valence-electron chi connectivity index (χ2n) is 4.89. The van der Waals surface area contributed by atoms with Gasteiger partial charge in [0.15, 0.2) is 0 Å². The number of likely N-dealkylation sites (tertiary alicyclic amines) is 1. The van der Waals surface area contributed by atoms with Crippen LogP contribution < -0.4 is 0 Å². The molecule has 3 nitrogen and oxygen atoms in total. The van der Waals surface area contributed by atoms with Crippen LogP contribution in [0, 0.1) is 11.8 Å². The standard InChI is InChI=1S/C12H22BrNO2/c1-9(2)11(13)12(15)14-6-4-5-10(7-14)8-16-3/h9-11H,4-8H2,1-3H3. The van der Waals surface area contributed by atoms with E-state index in [1.54, 1.807) is 7.11 Å². The van der Waals surface area contributed by atoms with E-state index in [4.69, 9.17) is 4.74 Å². The largest absolute Gasteiger partial charge is 0.384 e. The summed E-state index contributed by atoms with van der Waals surface area (Å²) in [6, 6.07) is 0. The Morgan fingerprint density at radius 3 is 2.81 bits per heavy atom. The molecule has 4 heteroatoms. The Morgan fingerprint density at radius 1 is 1.56 bits per heavy atom. The molecule has 0 aromatic carbocycles. The zero-order valence-electron chi connectivity index (χ0n) is 10.4. The number of methoxy groups -OCH3 is 1. The van der Waals surface area contributed by atoms with Gasteiger partial charge < -0.3 is 9.64 Å². The summed E-state index contributed by atoms with van der Waals surface area (Å²) in [7, 11) is 1.72. The molecule has 2 unspecified atom stereocenters. The summed E-state index contributed by atoms with van der Waals surface area (Å²) in [5, 5.41) is 0. The van der Waals surface area contributed by atoms with E-state index in [2.05, 4.69) is 29.8 Å². The number of carbonyl (C=O) groups is 1. The zero-order valence-corrected chi connectivity index (χ0v) is 12.0. The molecule has 1 heterocycles. The molecule has 0 aromatic rings. The predicted octanol–water partition coefficient (Wildman–Crippen LogP) is 2.29. The summed E-state index contributed by atoms with van der Waals surface area (Å²) in [6.45, 7) is 6.63. The summed E-state index contributed by atoms with van der Waals surface area (Å²) in [5.74, 6) is 1.08. The third-order valence-corrected chi connectivity index (χ3v) is 4.50. The first-order valence-corrected chi connectivity index (χ1v) is 6.89. The van der Waals surface area contributed by atoms with Gasteiger partial charge in [0, 0.05) is 20.2 Å². The lowest BCUT2D eigenvalue weighted by atomic mass is 9.98. The lowest BCUT2D eigenvalue weighted by Gasteiger charge is -2.34. The Labute approximate surface area is 107 Å². The smallest absolute Gasteiger partial charge is 0.236 e. The summed E-state index contributed by atoms with van der Waals surface area (Å²) in [5.41, 5.74) is 0. The first kappa shape index (κ1) is 14.0. The molecule has 1 aliphatic rings. The van der Waals surface area contributed by atoms with Crippen LogP contribution in [-0.4, -0.2) is 42.4 Å². The Kier molecular flexibility index (Phi) is 5.76. The van der Waals surface area contributed by atoms with Gasteiger partial charge in [-0.25, -0.2) is 0 Å².